The molecular formula is C18H25N3O3S2. The van der Waals surface area contributed by atoms with E-state index in [0.717, 1.165) is 34.2 Å². The lowest BCUT2D eigenvalue weighted by atomic mass is 10.1. The average Bonchev–Trinajstić information content (AvgIpc) is 3.16. The minimum atomic E-state index is -0.123. The van der Waals surface area contributed by atoms with E-state index in [1.54, 1.807) is 5.51 Å². The summed E-state index contributed by atoms with van der Waals surface area (Å²) in [5, 5.41) is 10.7. The van der Waals surface area contributed by atoms with Crippen LogP contribution in [0.4, 0.5) is 0 Å². The Morgan fingerprint density at radius 2 is 1.96 bits per heavy atom. The summed E-state index contributed by atoms with van der Waals surface area (Å²) in [6.45, 7) is 7.37. The molecule has 1 aromatic heterocycles. The third-order valence-electron chi connectivity index (χ3n) is 3.44. The van der Waals surface area contributed by atoms with Crippen molar-refractivity contribution < 1.29 is 14.3 Å². The minimum Gasteiger partial charge on any atom is -0.490 e. The van der Waals surface area contributed by atoms with Crippen molar-refractivity contribution in [3.63, 3.8) is 0 Å². The Labute approximate surface area is 162 Å². The van der Waals surface area contributed by atoms with Crippen LogP contribution in [0.3, 0.4) is 0 Å². The zero-order valence-corrected chi connectivity index (χ0v) is 17.0. The van der Waals surface area contributed by atoms with Crippen molar-refractivity contribution in [2.24, 2.45) is 0 Å². The van der Waals surface area contributed by atoms with Gasteiger partial charge in [-0.3, -0.25) is 4.79 Å². The summed E-state index contributed by atoms with van der Waals surface area (Å²) in [6.07, 6.45) is 1.86. The lowest BCUT2D eigenvalue weighted by molar-refractivity contribution is -0.119. The number of carbonyl (C=O) groups excluding carboxylic acids is 1. The molecule has 2 aromatic rings. The van der Waals surface area contributed by atoms with Crippen LogP contribution in [0.25, 0.3) is 0 Å². The van der Waals surface area contributed by atoms with Crippen LogP contribution in [0.1, 0.15) is 45.2 Å². The van der Waals surface area contributed by atoms with Gasteiger partial charge in [0.25, 0.3) is 0 Å². The smallest absolute Gasteiger partial charge is 0.230 e. The monoisotopic (exact) mass is 395 g/mol. The summed E-state index contributed by atoms with van der Waals surface area (Å²) in [5.41, 5.74) is 2.64. The summed E-state index contributed by atoms with van der Waals surface area (Å²) in [7, 11) is 0. The van der Waals surface area contributed by atoms with E-state index < -0.39 is 0 Å². The summed E-state index contributed by atoms with van der Waals surface area (Å²) in [5.74, 6) is 1.74. The molecule has 0 saturated heterocycles. The highest BCUT2D eigenvalue weighted by molar-refractivity contribution is 8.01. The van der Waals surface area contributed by atoms with Gasteiger partial charge in [0.2, 0.25) is 5.91 Å². The predicted molar refractivity (Wildman–Crippen MR) is 105 cm³/mol. The molecule has 0 aliphatic rings. The normalized spacial score (nSPS) is 11.8. The van der Waals surface area contributed by atoms with Crippen molar-refractivity contribution in [3.8, 4) is 11.5 Å². The Morgan fingerprint density at radius 1 is 1.23 bits per heavy atom. The highest BCUT2D eigenvalue weighted by Crippen LogP contribution is 2.31. The van der Waals surface area contributed by atoms with Gasteiger partial charge in [0.15, 0.2) is 15.8 Å². The van der Waals surface area contributed by atoms with Gasteiger partial charge in [-0.05, 0) is 37.5 Å². The van der Waals surface area contributed by atoms with E-state index in [1.165, 1.54) is 23.1 Å². The second-order valence-electron chi connectivity index (χ2n) is 5.69. The summed E-state index contributed by atoms with van der Waals surface area (Å²) in [4.78, 5) is 12.2. The maximum Gasteiger partial charge on any atom is 0.230 e. The Kier molecular flexibility index (Phi) is 8.70. The fourth-order valence-corrected chi connectivity index (χ4v) is 3.47. The number of ether oxygens (including phenoxy) is 2. The SMILES string of the molecule is CCCOc1ccc(C(C)NC(=O)CSc2nncs2)cc1OCCC. The number of nitrogens with one attached hydrogen (secondary N) is 1. The number of carbonyl (C=O) groups is 1. The molecule has 1 N–H and O–H groups in total. The molecule has 142 valence electrons. The fourth-order valence-electron chi connectivity index (χ4n) is 2.17. The van der Waals surface area contributed by atoms with Gasteiger partial charge in [0, 0.05) is 0 Å². The van der Waals surface area contributed by atoms with Crippen LogP contribution < -0.4 is 14.8 Å². The molecule has 0 bridgehead atoms. The first-order valence-corrected chi connectivity index (χ1v) is 10.6. The number of aromatic nitrogens is 2. The molecule has 1 atom stereocenters. The van der Waals surface area contributed by atoms with Gasteiger partial charge in [0.1, 0.15) is 5.51 Å². The average molecular weight is 396 g/mol. The molecule has 1 heterocycles. The molecule has 0 spiro atoms. The van der Waals surface area contributed by atoms with Crippen LogP contribution in [0, 0.1) is 0 Å². The number of amides is 1. The van der Waals surface area contributed by atoms with Gasteiger partial charge in [-0.25, -0.2) is 0 Å². The molecule has 1 aromatic carbocycles. The zero-order valence-electron chi connectivity index (χ0n) is 15.4. The quantitative estimate of drug-likeness (QED) is 0.578. The molecule has 0 aliphatic carbocycles. The second-order valence-corrected chi connectivity index (χ2v) is 7.74. The number of benzene rings is 1. The van der Waals surface area contributed by atoms with Crippen LogP contribution in [0.5, 0.6) is 11.5 Å². The highest BCUT2D eigenvalue weighted by atomic mass is 32.2. The molecule has 2 rings (SSSR count). The Bertz CT molecular complexity index is 680. The molecule has 26 heavy (non-hydrogen) atoms. The first-order valence-electron chi connectivity index (χ1n) is 8.71. The van der Waals surface area contributed by atoms with Crippen LogP contribution in [-0.2, 0) is 4.79 Å². The largest absolute Gasteiger partial charge is 0.490 e. The number of rotatable bonds is 11. The molecule has 0 radical (unpaired) electrons. The number of hydrogen-bond donors (Lipinski definition) is 1. The third kappa shape index (κ3) is 6.49. The first kappa shape index (κ1) is 20.5. The van der Waals surface area contributed by atoms with Crippen molar-refractivity contribution >= 4 is 29.0 Å². The van der Waals surface area contributed by atoms with E-state index >= 15 is 0 Å². The topological polar surface area (TPSA) is 73.3 Å². The Balaban J connectivity index is 1.97. The summed E-state index contributed by atoms with van der Waals surface area (Å²) >= 11 is 2.81. The van der Waals surface area contributed by atoms with E-state index in [0.29, 0.717) is 19.0 Å². The van der Waals surface area contributed by atoms with E-state index in [2.05, 4.69) is 29.4 Å². The molecule has 8 heteroatoms. The van der Waals surface area contributed by atoms with Crippen LogP contribution in [0.15, 0.2) is 28.0 Å². The van der Waals surface area contributed by atoms with Crippen LogP contribution >= 0.6 is 23.1 Å². The van der Waals surface area contributed by atoms with E-state index in [9.17, 15) is 4.79 Å². The molecule has 1 unspecified atom stereocenters. The van der Waals surface area contributed by atoms with Gasteiger partial charge < -0.3 is 14.8 Å². The van der Waals surface area contributed by atoms with Gasteiger partial charge >= 0.3 is 0 Å². The number of hydrogen-bond acceptors (Lipinski definition) is 7. The van der Waals surface area contributed by atoms with Gasteiger partial charge in [-0.15, -0.1) is 10.2 Å². The summed E-state index contributed by atoms with van der Waals surface area (Å²) < 4.78 is 12.4. The van der Waals surface area contributed by atoms with E-state index in [1.807, 2.05) is 25.1 Å². The van der Waals surface area contributed by atoms with Gasteiger partial charge in [0.05, 0.1) is 25.0 Å². The molecular weight excluding hydrogens is 370 g/mol. The summed E-state index contributed by atoms with van der Waals surface area (Å²) in [6, 6.07) is 5.70. The van der Waals surface area contributed by atoms with Crippen molar-refractivity contribution in [2.75, 3.05) is 19.0 Å². The fraction of sp³-hybridized carbons (Fsp3) is 0.500. The molecule has 1 amide bonds. The van der Waals surface area contributed by atoms with Crippen LogP contribution in [-0.4, -0.2) is 35.1 Å². The van der Waals surface area contributed by atoms with Crippen molar-refractivity contribution in [3.05, 3.63) is 29.3 Å². The van der Waals surface area contributed by atoms with Crippen LogP contribution in [0.2, 0.25) is 0 Å². The molecule has 6 nitrogen and oxygen atoms in total. The standard InChI is InChI=1S/C18H25N3O3S2/c1-4-8-23-15-7-6-14(10-16(15)24-9-5-2)13(3)20-17(22)11-25-18-21-19-12-26-18/h6-7,10,12-13H,4-5,8-9,11H2,1-3H3,(H,20,22). The van der Waals surface area contributed by atoms with Gasteiger partial charge in [-0.2, -0.15) is 0 Å². The maximum atomic E-state index is 12.2. The molecule has 0 fully saturated rings. The lowest BCUT2D eigenvalue weighted by Crippen LogP contribution is -2.28. The van der Waals surface area contributed by atoms with E-state index in [-0.39, 0.29) is 11.9 Å². The zero-order chi connectivity index (χ0) is 18.8. The van der Waals surface area contributed by atoms with Crippen molar-refractivity contribution in [1.82, 2.24) is 15.5 Å². The maximum absolute atomic E-state index is 12.2. The Hall–Kier alpha value is -1.80. The van der Waals surface area contributed by atoms with Gasteiger partial charge in [-0.1, -0.05) is 43.0 Å². The number of nitrogens with zero attached hydrogens (tertiary/aromatic N) is 2. The second kappa shape index (κ2) is 11.0. The highest BCUT2D eigenvalue weighted by Gasteiger charge is 2.14. The lowest BCUT2D eigenvalue weighted by Gasteiger charge is -2.18. The molecule has 0 aliphatic heterocycles. The predicted octanol–water partition coefficient (Wildman–Crippen LogP) is 4.09. The van der Waals surface area contributed by atoms with Crippen molar-refractivity contribution in [2.45, 2.75) is 44.0 Å². The van der Waals surface area contributed by atoms with Crippen molar-refractivity contribution in [1.29, 1.82) is 0 Å². The molecule has 0 saturated carbocycles. The number of thioether (sulfide) groups is 1. The Morgan fingerprint density at radius 3 is 2.62 bits per heavy atom. The first-order chi connectivity index (χ1) is 12.6. The third-order valence-corrected chi connectivity index (χ3v) is 5.30. The van der Waals surface area contributed by atoms with E-state index in [4.69, 9.17) is 9.47 Å². The minimum absolute atomic E-state index is 0.0416.